The quantitative estimate of drug-likeness (QED) is 0.634. The third-order valence-corrected chi connectivity index (χ3v) is 3.93. The maximum atomic E-state index is 11.7. The number of rotatable bonds is 5. The molecule has 0 aromatic heterocycles. The molecule has 1 aromatic rings. The van der Waals surface area contributed by atoms with Crippen molar-refractivity contribution in [2.75, 3.05) is 6.61 Å². The first-order valence-corrected chi connectivity index (χ1v) is 7.94. The molecule has 0 bridgehead atoms. The van der Waals surface area contributed by atoms with Crippen LogP contribution >= 0.6 is 0 Å². The Bertz CT molecular complexity index is 626. The maximum absolute atomic E-state index is 11.7. The molecule has 1 aliphatic carbocycles. The SMILES string of the molecule is Cc1cc(OCC(=O)NC(=O)NC2CCCCC2)ccc1[N+](=O)[O-]. The predicted molar refractivity (Wildman–Crippen MR) is 86.9 cm³/mol. The molecule has 0 atom stereocenters. The highest BCUT2D eigenvalue weighted by Crippen LogP contribution is 2.22. The third-order valence-electron chi connectivity index (χ3n) is 3.93. The molecular formula is C16H21N3O5. The number of benzene rings is 1. The van der Waals surface area contributed by atoms with Crippen LogP contribution in [0.4, 0.5) is 10.5 Å². The molecule has 0 radical (unpaired) electrons. The molecule has 24 heavy (non-hydrogen) atoms. The number of imide groups is 1. The second-order valence-corrected chi connectivity index (χ2v) is 5.85. The molecule has 2 rings (SSSR count). The first-order valence-electron chi connectivity index (χ1n) is 7.94. The minimum Gasteiger partial charge on any atom is -0.484 e. The maximum Gasteiger partial charge on any atom is 0.321 e. The van der Waals surface area contributed by atoms with E-state index < -0.39 is 16.9 Å². The zero-order valence-electron chi connectivity index (χ0n) is 13.5. The summed E-state index contributed by atoms with van der Waals surface area (Å²) in [6.45, 7) is 1.25. The van der Waals surface area contributed by atoms with Crippen molar-refractivity contribution in [1.82, 2.24) is 10.6 Å². The first-order chi connectivity index (χ1) is 11.5. The summed E-state index contributed by atoms with van der Waals surface area (Å²) in [6.07, 6.45) is 5.21. The summed E-state index contributed by atoms with van der Waals surface area (Å²) in [5.74, 6) is -0.236. The van der Waals surface area contributed by atoms with Crippen LogP contribution in [0.1, 0.15) is 37.7 Å². The lowest BCUT2D eigenvalue weighted by molar-refractivity contribution is -0.385. The van der Waals surface area contributed by atoms with E-state index in [9.17, 15) is 19.7 Å². The Labute approximate surface area is 139 Å². The number of ether oxygens (including phenoxy) is 1. The van der Waals surface area contributed by atoms with Gasteiger partial charge in [0.05, 0.1) is 4.92 Å². The highest BCUT2D eigenvalue weighted by molar-refractivity contribution is 5.95. The summed E-state index contributed by atoms with van der Waals surface area (Å²) >= 11 is 0. The normalized spacial score (nSPS) is 14.7. The van der Waals surface area contributed by atoms with Crippen molar-refractivity contribution in [2.24, 2.45) is 0 Å². The van der Waals surface area contributed by atoms with Crippen LogP contribution in [-0.2, 0) is 4.79 Å². The van der Waals surface area contributed by atoms with Gasteiger partial charge in [-0.3, -0.25) is 20.2 Å². The molecule has 0 unspecified atom stereocenters. The minimum absolute atomic E-state index is 0.0151. The molecule has 0 saturated heterocycles. The van der Waals surface area contributed by atoms with Gasteiger partial charge in [-0.1, -0.05) is 19.3 Å². The van der Waals surface area contributed by atoms with Crippen LogP contribution in [0.3, 0.4) is 0 Å². The minimum atomic E-state index is -0.570. The van der Waals surface area contributed by atoms with Crippen LogP contribution in [0.2, 0.25) is 0 Å². The molecule has 1 fully saturated rings. The summed E-state index contributed by atoms with van der Waals surface area (Å²) in [5, 5.41) is 15.7. The summed E-state index contributed by atoms with van der Waals surface area (Å²) in [7, 11) is 0. The van der Waals surface area contributed by atoms with Crippen molar-refractivity contribution in [1.29, 1.82) is 0 Å². The molecule has 0 spiro atoms. The highest BCUT2D eigenvalue weighted by atomic mass is 16.6. The summed E-state index contributed by atoms with van der Waals surface area (Å²) < 4.78 is 5.26. The molecule has 8 heteroatoms. The Morgan fingerprint density at radius 3 is 2.62 bits per heavy atom. The molecule has 130 valence electrons. The fourth-order valence-electron chi connectivity index (χ4n) is 2.70. The van der Waals surface area contributed by atoms with Gasteiger partial charge in [0.2, 0.25) is 0 Å². The fourth-order valence-corrected chi connectivity index (χ4v) is 2.70. The van der Waals surface area contributed by atoms with Crippen molar-refractivity contribution in [3.05, 3.63) is 33.9 Å². The number of carbonyl (C=O) groups excluding carboxylic acids is 2. The number of hydrogen-bond donors (Lipinski definition) is 2. The Balaban J connectivity index is 1.77. The zero-order chi connectivity index (χ0) is 17.5. The lowest BCUT2D eigenvalue weighted by atomic mass is 9.96. The Hall–Kier alpha value is -2.64. The number of aryl methyl sites for hydroxylation is 1. The number of nitrogens with one attached hydrogen (secondary N) is 2. The molecule has 2 N–H and O–H groups in total. The number of nitrogens with zero attached hydrogens (tertiary/aromatic N) is 1. The molecule has 8 nitrogen and oxygen atoms in total. The largest absolute Gasteiger partial charge is 0.484 e. The van der Waals surface area contributed by atoms with E-state index in [4.69, 9.17) is 4.74 Å². The lowest BCUT2D eigenvalue weighted by Gasteiger charge is -2.22. The number of nitro benzene ring substituents is 1. The van der Waals surface area contributed by atoms with Crippen LogP contribution in [0, 0.1) is 17.0 Å². The Morgan fingerprint density at radius 1 is 1.29 bits per heavy atom. The van der Waals surface area contributed by atoms with E-state index in [0.29, 0.717) is 11.3 Å². The predicted octanol–water partition coefficient (Wildman–Crippen LogP) is 2.44. The van der Waals surface area contributed by atoms with Crippen molar-refractivity contribution in [3.63, 3.8) is 0 Å². The molecule has 0 aliphatic heterocycles. The lowest BCUT2D eigenvalue weighted by Crippen LogP contribution is -2.46. The van der Waals surface area contributed by atoms with Crippen LogP contribution in [0.25, 0.3) is 0 Å². The van der Waals surface area contributed by atoms with Gasteiger partial charge in [-0.05, 0) is 31.9 Å². The Morgan fingerprint density at radius 2 is 2.00 bits per heavy atom. The van der Waals surface area contributed by atoms with Crippen LogP contribution in [0.15, 0.2) is 18.2 Å². The van der Waals surface area contributed by atoms with Crippen molar-refractivity contribution >= 4 is 17.6 Å². The standard InChI is InChI=1S/C16H21N3O5/c1-11-9-13(7-8-14(11)19(22)23)24-10-15(20)18-16(21)17-12-5-3-2-4-6-12/h7-9,12H,2-6,10H2,1H3,(H2,17,18,20,21). The monoisotopic (exact) mass is 335 g/mol. The van der Waals surface area contributed by atoms with Crippen LogP contribution in [-0.4, -0.2) is 29.5 Å². The van der Waals surface area contributed by atoms with E-state index >= 15 is 0 Å². The number of amides is 3. The molecule has 3 amide bonds. The van der Waals surface area contributed by atoms with Gasteiger partial charge in [0, 0.05) is 17.7 Å². The van der Waals surface area contributed by atoms with Crippen LogP contribution < -0.4 is 15.4 Å². The van der Waals surface area contributed by atoms with Crippen molar-refractivity contribution < 1.29 is 19.2 Å². The van der Waals surface area contributed by atoms with E-state index in [2.05, 4.69) is 10.6 Å². The molecule has 1 aliphatic rings. The summed E-state index contributed by atoms with van der Waals surface area (Å²) in [6, 6.07) is 3.81. The summed E-state index contributed by atoms with van der Waals surface area (Å²) in [5.41, 5.74) is 0.423. The van der Waals surface area contributed by atoms with Gasteiger partial charge in [-0.25, -0.2) is 4.79 Å². The summed E-state index contributed by atoms with van der Waals surface area (Å²) in [4.78, 5) is 33.7. The number of urea groups is 1. The highest BCUT2D eigenvalue weighted by Gasteiger charge is 2.17. The van der Waals surface area contributed by atoms with E-state index in [0.717, 1.165) is 25.7 Å². The average Bonchev–Trinajstić information content (AvgIpc) is 2.53. The van der Waals surface area contributed by atoms with Gasteiger partial charge in [-0.15, -0.1) is 0 Å². The van der Waals surface area contributed by atoms with Gasteiger partial charge in [0.15, 0.2) is 6.61 Å². The van der Waals surface area contributed by atoms with Gasteiger partial charge in [0.1, 0.15) is 5.75 Å². The number of nitro groups is 1. The fraction of sp³-hybridized carbons (Fsp3) is 0.500. The molecule has 0 heterocycles. The van der Waals surface area contributed by atoms with E-state index in [-0.39, 0.29) is 18.3 Å². The van der Waals surface area contributed by atoms with E-state index in [1.54, 1.807) is 6.92 Å². The number of hydrogen-bond acceptors (Lipinski definition) is 5. The topological polar surface area (TPSA) is 111 Å². The second kappa shape index (κ2) is 8.28. The Kier molecular flexibility index (Phi) is 6.11. The van der Waals surface area contributed by atoms with Crippen molar-refractivity contribution in [2.45, 2.75) is 45.1 Å². The molecule has 1 saturated carbocycles. The zero-order valence-corrected chi connectivity index (χ0v) is 13.5. The van der Waals surface area contributed by atoms with Gasteiger partial charge in [0.25, 0.3) is 11.6 Å². The third kappa shape index (κ3) is 5.22. The van der Waals surface area contributed by atoms with Crippen LogP contribution in [0.5, 0.6) is 5.75 Å². The molecule has 1 aromatic carbocycles. The van der Waals surface area contributed by atoms with E-state index in [1.165, 1.54) is 24.6 Å². The van der Waals surface area contributed by atoms with Gasteiger partial charge in [-0.2, -0.15) is 0 Å². The second-order valence-electron chi connectivity index (χ2n) is 5.85. The average molecular weight is 335 g/mol. The number of carbonyl (C=O) groups is 2. The first kappa shape index (κ1) is 17.7. The van der Waals surface area contributed by atoms with Crippen molar-refractivity contribution in [3.8, 4) is 5.75 Å². The van der Waals surface area contributed by atoms with E-state index in [1.807, 2.05) is 0 Å². The molecular weight excluding hydrogens is 314 g/mol. The van der Waals surface area contributed by atoms with Gasteiger partial charge >= 0.3 is 6.03 Å². The van der Waals surface area contributed by atoms with Gasteiger partial charge < -0.3 is 10.1 Å². The smallest absolute Gasteiger partial charge is 0.321 e.